The summed E-state index contributed by atoms with van der Waals surface area (Å²) in [6.07, 6.45) is -1.62. The molecule has 28 heavy (non-hydrogen) atoms. The number of hydrogen-bond acceptors (Lipinski definition) is 2. The molecule has 150 valence electrons. The summed E-state index contributed by atoms with van der Waals surface area (Å²) < 4.78 is 52.7. The molecule has 2 N–H and O–H groups in total. The highest BCUT2D eigenvalue weighted by Gasteiger charge is 2.36. The summed E-state index contributed by atoms with van der Waals surface area (Å²) in [5, 5.41) is 6.02. The normalized spacial score (nSPS) is 19.9. The van der Waals surface area contributed by atoms with Crippen LogP contribution in [-0.4, -0.2) is 18.5 Å². The van der Waals surface area contributed by atoms with E-state index in [9.17, 15) is 22.4 Å². The van der Waals surface area contributed by atoms with E-state index in [4.69, 9.17) is 0 Å². The van der Waals surface area contributed by atoms with Gasteiger partial charge in [0.2, 0.25) is 0 Å². The van der Waals surface area contributed by atoms with Crippen molar-refractivity contribution >= 4 is 11.6 Å². The summed E-state index contributed by atoms with van der Waals surface area (Å²) in [7, 11) is 0. The number of anilines is 1. The first-order valence-corrected chi connectivity index (χ1v) is 9.29. The molecule has 0 atom stereocenters. The first-order valence-electron chi connectivity index (χ1n) is 9.29. The lowest BCUT2D eigenvalue weighted by molar-refractivity contribution is -0.138. The minimum absolute atomic E-state index is 0.204. The van der Waals surface area contributed by atoms with Crippen LogP contribution in [0, 0.1) is 11.7 Å². The predicted octanol–water partition coefficient (Wildman–Crippen LogP) is 5.25. The molecular weight excluding hydrogens is 372 g/mol. The number of rotatable bonds is 5. The van der Waals surface area contributed by atoms with Crippen LogP contribution in [0.15, 0.2) is 48.5 Å². The second kappa shape index (κ2) is 8.63. The molecule has 0 spiro atoms. The third-order valence-electron chi connectivity index (χ3n) is 5.08. The molecule has 0 aliphatic heterocycles. The Hall–Kier alpha value is -2.57. The van der Waals surface area contributed by atoms with Crippen LogP contribution in [0.1, 0.15) is 41.6 Å². The van der Waals surface area contributed by atoms with Crippen LogP contribution in [0.25, 0.3) is 0 Å². The number of para-hydroxylation sites is 1. The summed E-state index contributed by atoms with van der Waals surface area (Å²) >= 11 is 0. The molecule has 0 heterocycles. The predicted molar refractivity (Wildman–Crippen MR) is 99.5 cm³/mol. The Balaban J connectivity index is 1.53. The minimum atomic E-state index is -4.71. The maximum absolute atomic E-state index is 13.4. The zero-order valence-electron chi connectivity index (χ0n) is 15.2. The van der Waals surface area contributed by atoms with E-state index in [-0.39, 0.29) is 6.04 Å². The standard InChI is InChI=1S/C21H22F4N2O/c22-15-8-11-19(21(23,24)25)18(12-15)20(28)27-17-9-6-14(7-10-17)13-26-16-4-2-1-3-5-16/h1-5,8,11-12,14,17,26H,6-7,9-10,13H2,(H,27,28). The van der Waals surface area contributed by atoms with E-state index < -0.39 is 29.0 Å². The largest absolute Gasteiger partial charge is 0.417 e. The molecule has 3 nitrogen and oxygen atoms in total. The fraction of sp³-hybridized carbons (Fsp3) is 0.381. The van der Waals surface area contributed by atoms with Crippen molar-refractivity contribution in [1.82, 2.24) is 5.32 Å². The van der Waals surface area contributed by atoms with Crippen molar-refractivity contribution in [2.75, 3.05) is 11.9 Å². The first-order chi connectivity index (χ1) is 13.3. The lowest BCUT2D eigenvalue weighted by Crippen LogP contribution is -2.39. The fourth-order valence-corrected chi connectivity index (χ4v) is 3.54. The van der Waals surface area contributed by atoms with Crippen molar-refractivity contribution in [1.29, 1.82) is 0 Å². The number of alkyl halides is 3. The molecule has 2 aromatic rings. The number of carbonyl (C=O) groups is 1. The van der Waals surface area contributed by atoms with E-state index in [1.807, 2.05) is 30.3 Å². The molecule has 0 bridgehead atoms. The van der Waals surface area contributed by atoms with Gasteiger partial charge in [0.1, 0.15) is 5.82 Å². The van der Waals surface area contributed by atoms with Crippen LogP contribution in [0.5, 0.6) is 0 Å². The third-order valence-corrected chi connectivity index (χ3v) is 5.08. The number of nitrogens with one attached hydrogen (secondary N) is 2. The van der Waals surface area contributed by atoms with Crippen LogP contribution < -0.4 is 10.6 Å². The van der Waals surface area contributed by atoms with Crippen molar-refractivity contribution in [3.05, 3.63) is 65.5 Å². The lowest BCUT2D eigenvalue weighted by atomic mass is 9.85. The van der Waals surface area contributed by atoms with Crippen LogP contribution in [0.2, 0.25) is 0 Å². The van der Waals surface area contributed by atoms with Crippen molar-refractivity contribution in [2.45, 2.75) is 37.9 Å². The van der Waals surface area contributed by atoms with Gasteiger partial charge in [-0.25, -0.2) is 4.39 Å². The molecule has 1 saturated carbocycles. The van der Waals surface area contributed by atoms with Gasteiger partial charge in [0, 0.05) is 18.3 Å². The molecule has 0 aromatic heterocycles. The third kappa shape index (κ3) is 5.24. The van der Waals surface area contributed by atoms with E-state index >= 15 is 0 Å². The highest BCUT2D eigenvalue weighted by atomic mass is 19.4. The minimum Gasteiger partial charge on any atom is -0.385 e. The average Bonchev–Trinajstić information content (AvgIpc) is 2.67. The smallest absolute Gasteiger partial charge is 0.385 e. The zero-order valence-corrected chi connectivity index (χ0v) is 15.2. The van der Waals surface area contributed by atoms with Gasteiger partial charge in [-0.15, -0.1) is 0 Å². The first kappa shape index (κ1) is 20.2. The number of benzene rings is 2. The van der Waals surface area contributed by atoms with Crippen LogP contribution in [-0.2, 0) is 6.18 Å². The Morgan fingerprint density at radius 2 is 1.68 bits per heavy atom. The van der Waals surface area contributed by atoms with Gasteiger partial charge in [-0.05, 0) is 61.9 Å². The summed E-state index contributed by atoms with van der Waals surface area (Å²) in [5.41, 5.74) is -0.740. The molecule has 0 unspecified atom stereocenters. The Labute approximate surface area is 161 Å². The van der Waals surface area contributed by atoms with Gasteiger partial charge in [0.05, 0.1) is 11.1 Å². The van der Waals surface area contributed by atoms with Crippen molar-refractivity contribution in [2.24, 2.45) is 5.92 Å². The number of carbonyl (C=O) groups excluding carboxylic acids is 1. The molecule has 1 aliphatic rings. The van der Waals surface area contributed by atoms with Gasteiger partial charge in [-0.2, -0.15) is 13.2 Å². The van der Waals surface area contributed by atoms with E-state index in [1.165, 1.54) is 0 Å². The van der Waals surface area contributed by atoms with E-state index in [2.05, 4.69) is 10.6 Å². The summed E-state index contributed by atoms with van der Waals surface area (Å²) in [4.78, 5) is 12.3. The van der Waals surface area contributed by atoms with Gasteiger partial charge in [0.15, 0.2) is 0 Å². The van der Waals surface area contributed by atoms with Crippen molar-refractivity contribution < 1.29 is 22.4 Å². The van der Waals surface area contributed by atoms with Crippen LogP contribution >= 0.6 is 0 Å². The molecular formula is C21H22F4N2O. The van der Waals surface area contributed by atoms with Crippen LogP contribution in [0.4, 0.5) is 23.2 Å². The zero-order chi connectivity index (χ0) is 20.1. The molecule has 0 radical (unpaired) electrons. The van der Waals surface area contributed by atoms with Crippen molar-refractivity contribution in [3.63, 3.8) is 0 Å². The second-order valence-corrected chi connectivity index (χ2v) is 7.13. The van der Waals surface area contributed by atoms with E-state index in [0.717, 1.165) is 25.1 Å². The monoisotopic (exact) mass is 394 g/mol. The summed E-state index contributed by atoms with van der Waals surface area (Å²) in [6, 6.07) is 11.6. The summed E-state index contributed by atoms with van der Waals surface area (Å²) in [5.74, 6) is -1.31. The second-order valence-electron chi connectivity index (χ2n) is 7.13. The van der Waals surface area contributed by atoms with Gasteiger partial charge < -0.3 is 10.6 Å². The SMILES string of the molecule is O=C(NC1CCC(CNc2ccccc2)CC1)c1cc(F)ccc1C(F)(F)F. The molecule has 1 aliphatic carbocycles. The van der Waals surface area contributed by atoms with E-state index in [1.54, 1.807) is 0 Å². The Bertz CT molecular complexity index is 800. The molecule has 3 rings (SSSR count). The quantitative estimate of drug-likeness (QED) is 0.681. The lowest BCUT2D eigenvalue weighted by Gasteiger charge is -2.29. The molecule has 1 amide bonds. The topological polar surface area (TPSA) is 41.1 Å². The highest BCUT2D eigenvalue weighted by molar-refractivity contribution is 5.96. The molecule has 7 heteroatoms. The Morgan fingerprint density at radius 1 is 1.00 bits per heavy atom. The van der Waals surface area contributed by atoms with Gasteiger partial charge in [-0.1, -0.05) is 18.2 Å². The van der Waals surface area contributed by atoms with Gasteiger partial charge >= 0.3 is 6.18 Å². The number of amides is 1. The summed E-state index contributed by atoms with van der Waals surface area (Å²) in [6.45, 7) is 0.812. The Morgan fingerprint density at radius 3 is 2.32 bits per heavy atom. The number of hydrogen-bond donors (Lipinski definition) is 2. The highest BCUT2D eigenvalue weighted by Crippen LogP contribution is 2.33. The van der Waals surface area contributed by atoms with Crippen LogP contribution in [0.3, 0.4) is 0 Å². The average molecular weight is 394 g/mol. The maximum Gasteiger partial charge on any atom is 0.417 e. The Kier molecular flexibility index (Phi) is 6.21. The number of halogens is 4. The maximum atomic E-state index is 13.4. The van der Waals surface area contributed by atoms with Crippen molar-refractivity contribution in [3.8, 4) is 0 Å². The molecule has 1 fully saturated rings. The molecule has 2 aromatic carbocycles. The van der Waals surface area contributed by atoms with E-state index in [0.29, 0.717) is 37.0 Å². The molecule has 0 saturated heterocycles. The fourth-order valence-electron chi connectivity index (χ4n) is 3.54. The van der Waals surface area contributed by atoms with Gasteiger partial charge in [0.25, 0.3) is 5.91 Å². The van der Waals surface area contributed by atoms with Gasteiger partial charge in [-0.3, -0.25) is 4.79 Å².